The number of nitrogens with zero attached hydrogens (tertiary/aromatic N) is 4. The van der Waals surface area contributed by atoms with E-state index in [0.717, 1.165) is 30.3 Å². The smallest absolute Gasteiger partial charge is 0.258 e. The third-order valence-electron chi connectivity index (χ3n) is 4.66. The summed E-state index contributed by atoms with van der Waals surface area (Å²) < 4.78 is 80.4. The molecule has 4 rings (SSSR count). The van der Waals surface area contributed by atoms with Crippen molar-refractivity contribution < 1.29 is 26.3 Å². The van der Waals surface area contributed by atoms with Gasteiger partial charge in [0.1, 0.15) is 0 Å². The number of alkyl halides is 6. The molecule has 3 aromatic heterocycles. The second-order valence-corrected chi connectivity index (χ2v) is 7.03. The lowest BCUT2D eigenvalue weighted by atomic mass is 10.1. The van der Waals surface area contributed by atoms with E-state index in [1.54, 1.807) is 26.0 Å². The molecule has 1 aromatic carbocycles. The average molecular weight is 436 g/mol. The Labute approximate surface area is 172 Å². The summed E-state index contributed by atoms with van der Waals surface area (Å²) in [6.45, 7) is 3.51. The molecule has 0 fully saturated rings. The largest absolute Gasteiger partial charge is 0.433 e. The molecular weight excluding hydrogens is 422 g/mol. The first-order valence-corrected chi connectivity index (χ1v) is 9.03. The van der Waals surface area contributed by atoms with E-state index in [9.17, 15) is 26.3 Å². The van der Waals surface area contributed by atoms with E-state index < -0.39 is 23.6 Å². The quantitative estimate of drug-likeness (QED) is 0.356. The van der Waals surface area contributed by atoms with Crippen molar-refractivity contribution in [3.8, 4) is 22.4 Å². The van der Waals surface area contributed by atoms with Crippen LogP contribution in [-0.4, -0.2) is 19.6 Å². The van der Waals surface area contributed by atoms with Gasteiger partial charge >= 0.3 is 12.4 Å². The van der Waals surface area contributed by atoms with Gasteiger partial charge in [-0.15, -0.1) is 0 Å². The lowest BCUT2D eigenvalue weighted by molar-refractivity contribution is -0.142. The summed E-state index contributed by atoms with van der Waals surface area (Å²) >= 11 is 0. The maximum Gasteiger partial charge on any atom is 0.433 e. The van der Waals surface area contributed by atoms with Gasteiger partial charge in [-0.3, -0.25) is 4.98 Å². The zero-order chi connectivity index (χ0) is 22.6. The van der Waals surface area contributed by atoms with E-state index in [1.807, 2.05) is 0 Å². The Morgan fingerprint density at radius 1 is 0.742 bits per heavy atom. The number of pyridine rings is 1. The Hall–Kier alpha value is -3.43. The Morgan fingerprint density at radius 3 is 1.90 bits per heavy atom. The molecule has 31 heavy (non-hydrogen) atoms. The number of aryl methyl sites for hydroxylation is 2. The summed E-state index contributed by atoms with van der Waals surface area (Å²) in [5.74, 6) is 0. The van der Waals surface area contributed by atoms with Gasteiger partial charge in [0.15, 0.2) is 11.3 Å². The van der Waals surface area contributed by atoms with Crippen molar-refractivity contribution in [3.63, 3.8) is 0 Å². The van der Waals surface area contributed by atoms with Gasteiger partial charge in [0.25, 0.3) is 0 Å². The summed E-state index contributed by atoms with van der Waals surface area (Å²) in [7, 11) is 0. The van der Waals surface area contributed by atoms with E-state index in [2.05, 4.69) is 15.1 Å². The molecule has 0 aliphatic carbocycles. The first-order chi connectivity index (χ1) is 14.4. The molecular formula is C21H14F6N4. The molecule has 0 saturated carbocycles. The molecule has 0 N–H and O–H groups in total. The minimum atomic E-state index is -4.75. The van der Waals surface area contributed by atoms with Crippen LogP contribution in [0.2, 0.25) is 0 Å². The highest BCUT2D eigenvalue weighted by Gasteiger charge is 2.36. The average Bonchev–Trinajstić information content (AvgIpc) is 3.09. The van der Waals surface area contributed by atoms with Crippen molar-refractivity contribution in [2.75, 3.05) is 0 Å². The van der Waals surface area contributed by atoms with E-state index >= 15 is 0 Å². The molecule has 0 saturated heterocycles. The maximum absolute atomic E-state index is 13.7. The summed E-state index contributed by atoms with van der Waals surface area (Å²) in [5, 5.41) is 3.87. The highest BCUT2D eigenvalue weighted by Crippen LogP contribution is 2.36. The monoisotopic (exact) mass is 436 g/mol. The van der Waals surface area contributed by atoms with E-state index in [1.165, 1.54) is 6.20 Å². The molecule has 0 spiro atoms. The number of fused-ring (bicyclic) bond motifs is 1. The number of hydrogen-bond donors (Lipinski definition) is 0. The van der Waals surface area contributed by atoms with E-state index in [0.29, 0.717) is 27.0 Å². The van der Waals surface area contributed by atoms with Crippen LogP contribution in [0.5, 0.6) is 0 Å². The van der Waals surface area contributed by atoms with Crippen molar-refractivity contribution in [2.24, 2.45) is 0 Å². The number of benzene rings is 1. The number of aromatic nitrogens is 4. The molecule has 0 bridgehead atoms. The van der Waals surface area contributed by atoms with Crippen molar-refractivity contribution in [1.29, 1.82) is 0 Å². The van der Waals surface area contributed by atoms with Crippen LogP contribution < -0.4 is 0 Å². The third kappa shape index (κ3) is 3.97. The summed E-state index contributed by atoms with van der Waals surface area (Å²) in [4.78, 5) is 8.56. The molecule has 0 amide bonds. The third-order valence-corrected chi connectivity index (χ3v) is 4.66. The van der Waals surface area contributed by atoms with Crippen molar-refractivity contribution in [3.05, 3.63) is 71.3 Å². The first-order valence-electron chi connectivity index (χ1n) is 9.03. The predicted octanol–water partition coefficient (Wildman–Crippen LogP) is 6.11. The van der Waals surface area contributed by atoms with E-state index in [4.69, 9.17) is 0 Å². The minimum Gasteiger partial charge on any atom is -0.258 e. The molecule has 0 atom stereocenters. The fourth-order valence-corrected chi connectivity index (χ4v) is 3.34. The highest BCUT2D eigenvalue weighted by molar-refractivity contribution is 5.79. The molecule has 0 unspecified atom stereocenters. The molecule has 3 heterocycles. The standard InChI is InChI=1S/C21H14F6N4/c1-11-7-14(8-12(2)29-11)16-10-28-31-18(21(25,26)27)9-17(30-19(16)31)13-3-5-15(6-4-13)20(22,23)24/h3-10H,1-2H3. The molecule has 0 aliphatic rings. The minimum absolute atomic E-state index is 0.0604. The number of hydrogen-bond acceptors (Lipinski definition) is 3. The highest BCUT2D eigenvalue weighted by atomic mass is 19.4. The molecule has 0 aliphatic heterocycles. The Morgan fingerprint density at radius 2 is 1.35 bits per heavy atom. The van der Waals surface area contributed by atoms with Gasteiger partial charge < -0.3 is 0 Å². The lowest BCUT2D eigenvalue weighted by Crippen LogP contribution is -2.13. The van der Waals surface area contributed by atoms with Crippen molar-refractivity contribution in [1.82, 2.24) is 19.6 Å². The van der Waals surface area contributed by atoms with Crippen LogP contribution >= 0.6 is 0 Å². The van der Waals surface area contributed by atoms with Crippen LogP contribution in [0.4, 0.5) is 26.3 Å². The van der Waals surface area contributed by atoms with Crippen LogP contribution in [0, 0.1) is 13.8 Å². The molecule has 4 aromatic rings. The Bertz CT molecular complexity index is 1250. The number of rotatable bonds is 2. The van der Waals surface area contributed by atoms with Gasteiger partial charge in [-0.05, 0) is 49.7 Å². The van der Waals surface area contributed by atoms with Crippen LogP contribution in [-0.2, 0) is 12.4 Å². The van der Waals surface area contributed by atoms with Crippen LogP contribution in [0.25, 0.3) is 28.0 Å². The first kappa shape index (κ1) is 20.8. The molecule has 10 heteroatoms. The van der Waals surface area contributed by atoms with Gasteiger partial charge in [0, 0.05) is 22.5 Å². The van der Waals surface area contributed by atoms with Crippen LogP contribution in [0.15, 0.2) is 48.7 Å². The van der Waals surface area contributed by atoms with Gasteiger partial charge in [0.2, 0.25) is 0 Å². The lowest BCUT2D eigenvalue weighted by Gasteiger charge is -2.12. The van der Waals surface area contributed by atoms with Crippen molar-refractivity contribution in [2.45, 2.75) is 26.2 Å². The second-order valence-electron chi connectivity index (χ2n) is 7.03. The summed E-state index contributed by atoms with van der Waals surface area (Å²) in [6.07, 6.45) is -8.03. The summed E-state index contributed by atoms with van der Waals surface area (Å²) in [5.41, 5.74) is 0.247. The molecule has 4 nitrogen and oxygen atoms in total. The normalized spacial score (nSPS) is 12.5. The Kier molecular flexibility index (Phi) is 4.75. The Balaban J connectivity index is 1.95. The fraction of sp³-hybridized carbons (Fsp3) is 0.190. The van der Waals surface area contributed by atoms with Gasteiger partial charge in [-0.1, -0.05) is 12.1 Å². The fourth-order valence-electron chi connectivity index (χ4n) is 3.34. The maximum atomic E-state index is 13.7. The zero-order valence-corrected chi connectivity index (χ0v) is 16.2. The van der Waals surface area contributed by atoms with Gasteiger partial charge in [0.05, 0.1) is 17.5 Å². The van der Waals surface area contributed by atoms with Gasteiger partial charge in [-0.2, -0.15) is 31.4 Å². The SMILES string of the molecule is Cc1cc(-c2cnn3c(C(F)(F)F)cc(-c4ccc(C(F)(F)F)cc4)nc23)cc(C)n1. The molecule has 0 radical (unpaired) electrons. The topological polar surface area (TPSA) is 43.1 Å². The number of halogens is 6. The van der Waals surface area contributed by atoms with Crippen LogP contribution in [0.1, 0.15) is 22.6 Å². The van der Waals surface area contributed by atoms with E-state index in [-0.39, 0.29) is 16.9 Å². The van der Waals surface area contributed by atoms with Gasteiger partial charge in [-0.25, -0.2) is 9.50 Å². The van der Waals surface area contributed by atoms with Crippen LogP contribution in [0.3, 0.4) is 0 Å². The summed E-state index contributed by atoms with van der Waals surface area (Å²) in [6, 6.07) is 7.98. The zero-order valence-electron chi connectivity index (χ0n) is 16.2. The van der Waals surface area contributed by atoms with Crippen molar-refractivity contribution >= 4 is 5.65 Å². The molecule has 160 valence electrons. The predicted molar refractivity (Wildman–Crippen MR) is 101 cm³/mol. The second kappa shape index (κ2) is 7.07.